The first kappa shape index (κ1) is 21.3. The van der Waals surface area contributed by atoms with Crippen LogP contribution in [0.3, 0.4) is 0 Å². The summed E-state index contributed by atoms with van der Waals surface area (Å²) in [5, 5.41) is 9.70. The lowest BCUT2D eigenvalue weighted by Crippen LogP contribution is -2.61. The monoisotopic (exact) mass is 452 g/mol. The van der Waals surface area contributed by atoms with Crippen LogP contribution in [-0.4, -0.2) is 43.9 Å². The van der Waals surface area contributed by atoms with E-state index in [1.54, 1.807) is 29.3 Å². The van der Waals surface area contributed by atoms with Crippen LogP contribution < -0.4 is 10.2 Å². The normalized spacial score (nSPS) is 18.5. The molecule has 32 heavy (non-hydrogen) atoms. The molecule has 0 aliphatic carbocycles. The van der Waals surface area contributed by atoms with Gasteiger partial charge < -0.3 is 10.2 Å². The topological polar surface area (TPSA) is 58.9 Å². The van der Waals surface area contributed by atoms with E-state index < -0.39 is 0 Å². The average Bonchev–Trinajstić information content (AvgIpc) is 3.27. The molecule has 0 atom stereocenters. The number of hydrogen-bond donors (Lipinski definition) is 1. The molecule has 3 aromatic heterocycles. The highest BCUT2D eigenvalue weighted by molar-refractivity contribution is 7.22. The van der Waals surface area contributed by atoms with Gasteiger partial charge in [-0.05, 0) is 58.7 Å². The van der Waals surface area contributed by atoms with Gasteiger partial charge in [-0.1, -0.05) is 11.3 Å². The van der Waals surface area contributed by atoms with Crippen molar-refractivity contribution in [2.24, 2.45) is 7.05 Å². The molecule has 5 rings (SSSR count). The number of benzene rings is 1. The third-order valence-electron chi connectivity index (χ3n) is 6.25. The smallest absolute Gasteiger partial charge is 0.186 e. The predicted molar refractivity (Wildman–Crippen MR) is 130 cm³/mol. The van der Waals surface area contributed by atoms with E-state index >= 15 is 0 Å². The molecule has 1 N–H and O–H groups in total. The number of rotatable bonds is 3. The van der Waals surface area contributed by atoms with E-state index in [2.05, 4.69) is 55.0 Å². The molecule has 1 aliphatic rings. The molecule has 0 unspecified atom stereocenters. The Hall–Kier alpha value is -2.58. The van der Waals surface area contributed by atoms with Crippen molar-refractivity contribution in [3.8, 4) is 11.3 Å². The number of halogens is 1. The van der Waals surface area contributed by atoms with Gasteiger partial charge in [0, 0.05) is 48.4 Å². The zero-order valence-electron chi connectivity index (χ0n) is 19.4. The summed E-state index contributed by atoms with van der Waals surface area (Å²) in [6.45, 7) is 9.06. The van der Waals surface area contributed by atoms with Crippen molar-refractivity contribution in [3.63, 3.8) is 0 Å². The SMILES string of the molecule is CN(c1nc2cnc(-c3cc(F)c4nn(C)cc4c3)cc2s1)C1CC(C)(C)NC(C)(C)C1. The van der Waals surface area contributed by atoms with Gasteiger partial charge in [-0.25, -0.2) is 9.37 Å². The summed E-state index contributed by atoms with van der Waals surface area (Å²) < 4.78 is 17.3. The standard InChI is InChI=1S/C24H29FN6S/c1-23(2)10-16(11-24(3,4)29-23)31(6)22-27-19-12-26-18(9-20(19)32-22)14-7-15-13-30(5)28-21(15)17(25)8-14/h7-9,12-13,16,29H,10-11H2,1-6H3. The van der Waals surface area contributed by atoms with Gasteiger partial charge in [0.15, 0.2) is 10.9 Å². The summed E-state index contributed by atoms with van der Waals surface area (Å²) in [4.78, 5) is 11.8. The van der Waals surface area contributed by atoms with Crippen LogP contribution >= 0.6 is 11.3 Å². The molecule has 1 aromatic carbocycles. The minimum atomic E-state index is -0.333. The van der Waals surface area contributed by atoms with E-state index in [1.807, 2.05) is 18.3 Å². The van der Waals surface area contributed by atoms with Crippen molar-refractivity contribution in [1.82, 2.24) is 25.1 Å². The molecular weight excluding hydrogens is 423 g/mol. The highest BCUT2D eigenvalue weighted by Crippen LogP contribution is 2.37. The van der Waals surface area contributed by atoms with Crippen LogP contribution in [0.1, 0.15) is 40.5 Å². The number of aromatic nitrogens is 4. The first-order chi connectivity index (χ1) is 15.0. The number of hydrogen-bond acceptors (Lipinski definition) is 6. The van der Waals surface area contributed by atoms with Crippen molar-refractivity contribution >= 4 is 37.6 Å². The second-order valence-electron chi connectivity index (χ2n) is 10.3. The Bertz CT molecular complexity index is 1310. The highest BCUT2D eigenvalue weighted by Gasteiger charge is 2.39. The summed E-state index contributed by atoms with van der Waals surface area (Å²) >= 11 is 1.66. The van der Waals surface area contributed by atoms with Crippen LogP contribution in [0.2, 0.25) is 0 Å². The van der Waals surface area contributed by atoms with Crippen LogP contribution in [0.4, 0.5) is 9.52 Å². The van der Waals surface area contributed by atoms with E-state index in [0.717, 1.165) is 44.8 Å². The Labute approximate surface area is 191 Å². The molecule has 0 saturated carbocycles. The van der Waals surface area contributed by atoms with E-state index in [9.17, 15) is 4.39 Å². The second kappa shape index (κ2) is 7.22. The first-order valence-corrected chi connectivity index (χ1v) is 11.7. The highest BCUT2D eigenvalue weighted by atomic mass is 32.1. The maximum atomic E-state index is 14.6. The molecule has 0 spiro atoms. The second-order valence-corrected chi connectivity index (χ2v) is 11.3. The maximum Gasteiger partial charge on any atom is 0.186 e. The fraction of sp³-hybridized carbons (Fsp3) is 0.458. The molecule has 0 radical (unpaired) electrons. The van der Waals surface area contributed by atoms with Crippen molar-refractivity contribution in [2.75, 3.05) is 11.9 Å². The van der Waals surface area contributed by atoms with Gasteiger partial charge in [0.05, 0.1) is 16.6 Å². The zero-order valence-corrected chi connectivity index (χ0v) is 20.2. The van der Waals surface area contributed by atoms with Gasteiger partial charge in [0.25, 0.3) is 0 Å². The molecular formula is C24H29FN6S. The van der Waals surface area contributed by atoms with Crippen molar-refractivity contribution < 1.29 is 4.39 Å². The summed E-state index contributed by atoms with van der Waals surface area (Å²) in [6, 6.07) is 5.86. The van der Waals surface area contributed by atoms with Gasteiger partial charge in [-0.3, -0.25) is 9.67 Å². The van der Waals surface area contributed by atoms with Gasteiger partial charge in [0.1, 0.15) is 11.0 Å². The minimum Gasteiger partial charge on any atom is -0.348 e. The lowest BCUT2D eigenvalue weighted by Gasteiger charge is -2.48. The molecule has 168 valence electrons. The molecule has 1 aliphatic heterocycles. The number of fused-ring (bicyclic) bond motifs is 2. The van der Waals surface area contributed by atoms with Crippen LogP contribution in [0.15, 0.2) is 30.6 Å². The summed E-state index contributed by atoms with van der Waals surface area (Å²) in [6.07, 6.45) is 5.72. The van der Waals surface area contributed by atoms with Gasteiger partial charge >= 0.3 is 0 Å². The lowest BCUT2D eigenvalue weighted by molar-refractivity contribution is 0.161. The molecule has 1 fully saturated rings. The average molecular weight is 453 g/mol. The minimum absolute atomic E-state index is 0.0705. The summed E-state index contributed by atoms with van der Waals surface area (Å²) in [7, 11) is 3.93. The number of anilines is 1. The predicted octanol–water partition coefficient (Wildman–Crippen LogP) is 5.13. The third-order valence-corrected chi connectivity index (χ3v) is 7.36. The molecule has 0 bridgehead atoms. The Morgan fingerprint density at radius 3 is 2.59 bits per heavy atom. The van der Waals surface area contributed by atoms with Crippen LogP contribution in [-0.2, 0) is 7.05 Å². The Kier molecular flexibility index (Phi) is 4.80. The molecule has 4 aromatic rings. The number of nitrogens with zero attached hydrogens (tertiary/aromatic N) is 5. The fourth-order valence-electron chi connectivity index (χ4n) is 5.19. The molecule has 4 heterocycles. The molecule has 0 amide bonds. The van der Waals surface area contributed by atoms with E-state index in [4.69, 9.17) is 4.98 Å². The number of nitrogens with one attached hydrogen (secondary N) is 1. The number of aryl methyl sites for hydroxylation is 1. The van der Waals surface area contributed by atoms with Crippen LogP contribution in [0.5, 0.6) is 0 Å². The number of pyridine rings is 1. The summed E-state index contributed by atoms with van der Waals surface area (Å²) in [5.41, 5.74) is 2.88. The Balaban J connectivity index is 1.48. The Morgan fingerprint density at radius 1 is 1.16 bits per heavy atom. The van der Waals surface area contributed by atoms with Gasteiger partial charge in [-0.15, -0.1) is 0 Å². The molecule has 8 heteroatoms. The van der Waals surface area contributed by atoms with Crippen molar-refractivity contribution in [1.29, 1.82) is 0 Å². The Morgan fingerprint density at radius 2 is 1.88 bits per heavy atom. The first-order valence-electron chi connectivity index (χ1n) is 10.9. The van der Waals surface area contributed by atoms with E-state index in [-0.39, 0.29) is 16.9 Å². The fourth-order valence-corrected chi connectivity index (χ4v) is 6.19. The third kappa shape index (κ3) is 3.86. The molecule has 1 saturated heterocycles. The van der Waals surface area contributed by atoms with Crippen molar-refractivity contribution in [3.05, 3.63) is 36.4 Å². The van der Waals surface area contributed by atoms with Gasteiger partial charge in [-0.2, -0.15) is 5.10 Å². The van der Waals surface area contributed by atoms with E-state index in [0.29, 0.717) is 11.6 Å². The van der Waals surface area contributed by atoms with Crippen molar-refractivity contribution in [2.45, 2.75) is 57.7 Å². The van der Waals surface area contributed by atoms with Gasteiger partial charge in [0.2, 0.25) is 0 Å². The largest absolute Gasteiger partial charge is 0.348 e. The maximum absolute atomic E-state index is 14.6. The summed E-state index contributed by atoms with van der Waals surface area (Å²) in [5.74, 6) is -0.333. The zero-order chi connectivity index (χ0) is 22.8. The van der Waals surface area contributed by atoms with Crippen LogP contribution in [0, 0.1) is 5.82 Å². The van der Waals surface area contributed by atoms with Crippen LogP contribution in [0.25, 0.3) is 32.4 Å². The number of thiazole rings is 1. The molecule has 6 nitrogen and oxygen atoms in total. The van der Waals surface area contributed by atoms with E-state index in [1.165, 1.54) is 6.07 Å². The quantitative estimate of drug-likeness (QED) is 0.467. The number of piperidine rings is 1. The lowest BCUT2D eigenvalue weighted by atomic mass is 9.79.